The third kappa shape index (κ3) is 5.22. The number of non-ortho nitro benzene ring substituents is 1. The van der Waals surface area contributed by atoms with E-state index in [4.69, 9.17) is 11.6 Å². The molecule has 0 saturated heterocycles. The molecule has 3 rings (SSSR count). The topological polar surface area (TPSA) is 105 Å². The number of aromatic nitrogens is 1. The molecule has 1 N–H and O–H groups in total. The Morgan fingerprint density at radius 2 is 1.88 bits per heavy atom. The number of hydrogen-bond acceptors (Lipinski definition) is 5. The predicted octanol–water partition coefficient (Wildman–Crippen LogP) is 4.79. The second kappa shape index (κ2) is 9.48. The summed E-state index contributed by atoms with van der Waals surface area (Å²) < 4.78 is 26.9. The van der Waals surface area contributed by atoms with Crippen molar-refractivity contribution in [2.45, 2.75) is 13.3 Å². The maximum Gasteiger partial charge on any atom is 0.270 e. The summed E-state index contributed by atoms with van der Waals surface area (Å²) in [5.41, 5.74) is 0.535. The highest BCUT2D eigenvalue weighted by atomic mass is 35.5. The van der Waals surface area contributed by atoms with Gasteiger partial charge < -0.3 is 5.32 Å². The molecule has 2 amide bonds. The minimum absolute atomic E-state index is 0.0602. The lowest BCUT2D eigenvalue weighted by molar-refractivity contribution is -0.384. The van der Waals surface area contributed by atoms with Gasteiger partial charge in [-0.3, -0.25) is 24.6 Å². The Bertz CT molecular complexity index is 1220. The highest BCUT2D eigenvalue weighted by molar-refractivity contribution is 6.31. The Morgan fingerprint density at radius 1 is 1.12 bits per heavy atom. The molecule has 1 heterocycles. The summed E-state index contributed by atoms with van der Waals surface area (Å²) >= 11 is 6.02. The zero-order chi connectivity index (χ0) is 23.4. The number of nitrogens with zero attached hydrogens (tertiary/aromatic N) is 3. The van der Waals surface area contributed by atoms with E-state index in [-0.39, 0.29) is 34.3 Å². The largest absolute Gasteiger partial charge is 0.326 e. The molecule has 3 aromatic rings. The molecule has 0 saturated carbocycles. The molecule has 0 radical (unpaired) electrons. The van der Waals surface area contributed by atoms with Crippen LogP contribution in [0.4, 0.5) is 31.7 Å². The molecular formula is C21H15ClF2N4O4. The van der Waals surface area contributed by atoms with E-state index in [1.54, 1.807) is 0 Å². The highest BCUT2D eigenvalue weighted by Gasteiger charge is 2.18. The normalized spacial score (nSPS) is 10.5. The summed E-state index contributed by atoms with van der Waals surface area (Å²) in [4.78, 5) is 39.9. The van der Waals surface area contributed by atoms with Gasteiger partial charge in [-0.25, -0.2) is 13.8 Å². The minimum atomic E-state index is -1.13. The molecule has 0 fully saturated rings. The number of amides is 2. The van der Waals surface area contributed by atoms with Crippen LogP contribution in [0.15, 0.2) is 54.7 Å². The molecule has 11 heteroatoms. The number of carbonyl (C=O) groups is 2. The maximum absolute atomic E-state index is 13.6. The first-order valence-corrected chi connectivity index (χ1v) is 9.48. The summed E-state index contributed by atoms with van der Waals surface area (Å²) in [7, 11) is 0. The Morgan fingerprint density at radius 3 is 2.50 bits per heavy atom. The van der Waals surface area contributed by atoms with E-state index < -0.39 is 28.4 Å². The van der Waals surface area contributed by atoms with E-state index in [0.29, 0.717) is 5.56 Å². The fourth-order valence-corrected chi connectivity index (χ4v) is 3.13. The van der Waals surface area contributed by atoms with Gasteiger partial charge in [0.05, 0.1) is 22.1 Å². The Kier molecular flexibility index (Phi) is 6.74. The second-order valence-electron chi connectivity index (χ2n) is 6.61. The monoisotopic (exact) mass is 460 g/mol. The summed E-state index contributed by atoms with van der Waals surface area (Å²) in [6.07, 6.45) is 1.17. The van der Waals surface area contributed by atoms with Gasteiger partial charge in [-0.15, -0.1) is 0 Å². The van der Waals surface area contributed by atoms with Crippen LogP contribution in [-0.4, -0.2) is 21.7 Å². The summed E-state index contributed by atoms with van der Waals surface area (Å²) in [6, 6.07) is 9.62. The van der Waals surface area contributed by atoms with Crippen LogP contribution in [0.1, 0.15) is 12.5 Å². The van der Waals surface area contributed by atoms with E-state index in [2.05, 4.69) is 10.3 Å². The molecule has 1 aromatic heterocycles. The quantitative estimate of drug-likeness (QED) is 0.420. The van der Waals surface area contributed by atoms with Crippen molar-refractivity contribution in [3.63, 3.8) is 0 Å². The van der Waals surface area contributed by atoms with Gasteiger partial charge >= 0.3 is 0 Å². The van der Waals surface area contributed by atoms with Crippen LogP contribution < -0.4 is 10.2 Å². The Hall–Kier alpha value is -3.92. The Balaban J connectivity index is 1.80. The van der Waals surface area contributed by atoms with Crippen molar-refractivity contribution >= 4 is 46.3 Å². The molecular weight excluding hydrogens is 446 g/mol. The number of pyridine rings is 1. The predicted molar refractivity (Wildman–Crippen MR) is 114 cm³/mol. The van der Waals surface area contributed by atoms with Crippen LogP contribution in [0.5, 0.6) is 0 Å². The fourth-order valence-electron chi connectivity index (χ4n) is 2.89. The van der Waals surface area contributed by atoms with Gasteiger partial charge in [0.15, 0.2) is 11.6 Å². The van der Waals surface area contributed by atoms with Gasteiger partial charge in [-0.1, -0.05) is 17.7 Å². The van der Waals surface area contributed by atoms with Gasteiger partial charge in [0.2, 0.25) is 11.8 Å². The van der Waals surface area contributed by atoms with Crippen molar-refractivity contribution < 1.29 is 23.3 Å². The number of nitro benzene ring substituents is 1. The smallest absolute Gasteiger partial charge is 0.270 e. The van der Waals surface area contributed by atoms with Crippen LogP contribution >= 0.6 is 11.6 Å². The van der Waals surface area contributed by atoms with Crippen molar-refractivity contribution in [2.24, 2.45) is 0 Å². The molecule has 32 heavy (non-hydrogen) atoms. The molecule has 2 aromatic carbocycles. The van der Waals surface area contributed by atoms with E-state index >= 15 is 0 Å². The van der Waals surface area contributed by atoms with Crippen LogP contribution in [0.2, 0.25) is 5.02 Å². The van der Waals surface area contributed by atoms with Crippen LogP contribution in [0, 0.1) is 21.7 Å². The molecule has 0 aliphatic heterocycles. The highest BCUT2D eigenvalue weighted by Crippen LogP contribution is 2.28. The van der Waals surface area contributed by atoms with Crippen molar-refractivity contribution in [2.75, 3.05) is 10.2 Å². The zero-order valence-electron chi connectivity index (χ0n) is 16.5. The number of nitro groups is 1. The summed E-state index contributed by atoms with van der Waals surface area (Å²) in [5, 5.41) is 13.5. The summed E-state index contributed by atoms with van der Waals surface area (Å²) in [6.45, 7) is 1.23. The molecule has 0 unspecified atom stereocenters. The van der Waals surface area contributed by atoms with Crippen LogP contribution in [0.25, 0.3) is 0 Å². The van der Waals surface area contributed by atoms with E-state index in [1.165, 1.54) is 43.5 Å². The molecule has 0 atom stereocenters. The lowest BCUT2D eigenvalue weighted by atomic mass is 10.1. The standard InChI is InChI=1S/C21H15ClF2N4O4/c1-12(29)27(15-4-5-18(23)19(24)11-15)20-9-14(6-7-25-20)26-21(30)8-13-2-3-16(28(31)32)10-17(13)22/h2-7,9-11H,8H2,1H3,(H,25,26,30). The third-order valence-electron chi connectivity index (χ3n) is 4.33. The maximum atomic E-state index is 13.6. The number of nitrogens with one attached hydrogen (secondary N) is 1. The first-order chi connectivity index (χ1) is 15.2. The first-order valence-electron chi connectivity index (χ1n) is 9.10. The number of benzene rings is 2. The van der Waals surface area contributed by atoms with Gasteiger partial charge in [0, 0.05) is 43.1 Å². The average molecular weight is 461 g/mol. The van der Waals surface area contributed by atoms with Gasteiger partial charge in [-0.2, -0.15) is 0 Å². The van der Waals surface area contributed by atoms with Crippen molar-refractivity contribution in [3.8, 4) is 0 Å². The van der Waals surface area contributed by atoms with Crippen molar-refractivity contribution in [1.29, 1.82) is 0 Å². The molecule has 0 aliphatic rings. The number of hydrogen-bond donors (Lipinski definition) is 1. The summed E-state index contributed by atoms with van der Waals surface area (Å²) in [5.74, 6) is -3.09. The van der Waals surface area contributed by atoms with Crippen molar-refractivity contribution in [1.82, 2.24) is 4.98 Å². The third-order valence-corrected chi connectivity index (χ3v) is 4.68. The van der Waals surface area contributed by atoms with E-state index in [1.807, 2.05) is 0 Å². The zero-order valence-corrected chi connectivity index (χ0v) is 17.3. The molecule has 0 bridgehead atoms. The second-order valence-corrected chi connectivity index (χ2v) is 7.02. The van der Waals surface area contributed by atoms with Crippen LogP contribution in [-0.2, 0) is 16.0 Å². The number of halogens is 3. The van der Waals surface area contributed by atoms with Gasteiger partial charge in [-0.05, 0) is 23.8 Å². The van der Waals surface area contributed by atoms with Gasteiger partial charge in [0.1, 0.15) is 5.82 Å². The number of carbonyl (C=O) groups excluding carboxylic acids is 2. The molecule has 0 aliphatic carbocycles. The average Bonchev–Trinajstić information content (AvgIpc) is 2.72. The SMILES string of the molecule is CC(=O)N(c1ccc(F)c(F)c1)c1cc(NC(=O)Cc2ccc([N+](=O)[O-])cc2Cl)ccn1. The fraction of sp³-hybridized carbons (Fsp3) is 0.0952. The lowest BCUT2D eigenvalue weighted by Crippen LogP contribution is -2.24. The van der Waals surface area contributed by atoms with Crippen molar-refractivity contribution in [3.05, 3.63) is 87.1 Å². The van der Waals surface area contributed by atoms with E-state index in [0.717, 1.165) is 23.1 Å². The molecule has 8 nitrogen and oxygen atoms in total. The number of anilines is 3. The first kappa shape index (κ1) is 22.8. The lowest BCUT2D eigenvalue weighted by Gasteiger charge is -2.21. The molecule has 164 valence electrons. The Labute approximate surface area is 185 Å². The molecule has 0 spiro atoms. The number of rotatable bonds is 6. The minimum Gasteiger partial charge on any atom is -0.326 e. The van der Waals surface area contributed by atoms with E-state index in [9.17, 15) is 28.5 Å². The van der Waals surface area contributed by atoms with Gasteiger partial charge in [0.25, 0.3) is 5.69 Å². The van der Waals surface area contributed by atoms with Crippen LogP contribution in [0.3, 0.4) is 0 Å².